The molecular weight excluding hydrogens is 233 g/mol. The van der Waals surface area contributed by atoms with Crippen molar-refractivity contribution >= 4 is 5.97 Å². The van der Waals surface area contributed by atoms with Gasteiger partial charge in [0.2, 0.25) is 0 Å². The molecule has 1 saturated heterocycles. The van der Waals surface area contributed by atoms with E-state index in [2.05, 4.69) is 5.32 Å². The molecule has 100 valence electrons. The third kappa shape index (κ3) is 7.01. The number of carbonyl (C=O) groups excluding carboxylic acids is 1. The minimum atomic E-state index is -0.334. The number of nitrogens with one attached hydrogen (secondary N) is 1. The Morgan fingerprint density at radius 2 is 1.83 bits per heavy atom. The number of hydrogen-bond acceptors (Lipinski definition) is 3. The highest BCUT2D eigenvalue weighted by Gasteiger charge is 1.96. The molecule has 0 bridgehead atoms. The summed E-state index contributed by atoms with van der Waals surface area (Å²) in [5.41, 5.74) is 0.784. The van der Waals surface area contributed by atoms with Crippen LogP contribution in [0, 0.1) is 5.82 Å². The van der Waals surface area contributed by atoms with Crippen molar-refractivity contribution in [3.63, 3.8) is 0 Å². The quantitative estimate of drug-likeness (QED) is 0.823. The van der Waals surface area contributed by atoms with E-state index in [9.17, 15) is 9.18 Å². The summed E-state index contributed by atoms with van der Waals surface area (Å²) in [7, 11) is 0. The summed E-state index contributed by atoms with van der Waals surface area (Å²) in [4.78, 5) is 10.4. The molecule has 4 heteroatoms. The number of carbonyl (C=O) groups is 1. The standard InChI is InChI=1S/C9H9FO2.C5H11N/c1-7(11)12-6-8-2-4-9(10)5-3-8;1-2-4-6-5-3-1/h2-5H,6H2,1H3;6H,1-5H2. The maximum absolute atomic E-state index is 12.4. The van der Waals surface area contributed by atoms with Crippen LogP contribution in [0.5, 0.6) is 0 Å². The van der Waals surface area contributed by atoms with E-state index in [0.29, 0.717) is 0 Å². The molecule has 0 spiro atoms. The smallest absolute Gasteiger partial charge is 0.302 e. The Hall–Kier alpha value is -1.42. The summed E-state index contributed by atoms with van der Waals surface area (Å²) in [5, 5.41) is 3.28. The average molecular weight is 253 g/mol. The van der Waals surface area contributed by atoms with Gasteiger partial charge in [-0.15, -0.1) is 0 Å². The van der Waals surface area contributed by atoms with Gasteiger partial charge in [-0.25, -0.2) is 4.39 Å². The lowest BCUT2D eigenvalue weighted by atomic mass is 10.2. The third-order valence-corrected chi connectivity index (χ3v) is 2.56. The van der Waals surface area contributed by atoms with Gasteiger partial charge in [0.25, 0.3) is 0 Å². The molecule has 1 aromatic rings. The highest BCUT2D eigenvalue weighted by molar-refractivity contribution is 5.65. The van der Waals surface area contributed by atoms with Crippen molar-refractivity contribution < 1.29 is 13.9 Å². The van der Waals surface area contributed by atoms with Crippen LogP contribution in [0.15, 0.2) is 24.3 Å². The number of rotatable bonds is 2. The van der Waals surface area contributed by atoms with Crippen LogP contribution in [0.3, 0.4) is 0 Å². The molecule has 1 fully saturated rings. The molecule has 0 aromatic heterocycles. The van der Waals surface area contributed by atoms with E-state index < -0.39 is 0 Å². The molecule has 1 aliphatic rings. The molecule has 1 aliphatic heterocycles. The summed E-state index contributed by atoms with van der Waals surface area (Å²) in [5.74, 6) is -0.624. The summed E-state index contributed by atoms with van der Waals surface area (Å²) in [6.45, 7) is 4.04. The molecule has 1 heterocycles. The first-order chi connectivity index (χ1) is 8.68. The number of hydrogen-bond donors (Lipinski definition) is 1. The summed E-state index contributed by atoms with van der Waals surface area (Å²) in [6, 6.07) is 5.83. The van der Waals surface area contributed by atoms with Crippen molar-refractivity contribution in [1.82, 2.24) is 5.32 Å². The molecule has 0 radical (unpaired) electrons. The van der Waals surface area contributed by atoms with Crippen molar-refractivity contribution in [2.24, 2.45) is 0 Å². The fraction of sp³-hybridized carbons (Fsp3) is 0.500. The molecule has 2 rings (SSSR count). The number of ether oxygens (including phenoxy) is 1. The lowest BCUT2D eigenvalue weighted by Crippen LogP contribution is -2.21. The van der Waals surface area contributed by atoms with Crippen LogP contribution in [0.2, 0.25) is 0 Å². The Balaban J connectivity index is 0.000000225. The van der Waals surface area contributed by atoms with Crippen molar-refractivity contribution in [2.45, 2.75) is 32.8 Å². The van der Waals surface area contributed by atoms with Crippen LogP contribution < -0.4 is 5.32 Å². The van der Waals surface area contributed by atoms with E-state index in [4.69, 9.17) is 4.74 Å². The molecule has 3 nitrogen and oxygen atoms in total. The van der Waals surface area contributed by atoms with E-state index in [1.165, 1.54) is 51.4 Å². The first-order valence-corrected chi connectivity index (χ1v) is 6.27. The predicted octanol–water partition coefficient (Wildman–Crippen LogP) is 2.65. The van der Waals surface area contributed by atoms with Gasteiger partial charge < -0.3 is 10.1 Å². The van der Waals surface area contributed by atoms with Crippen molar-refractivity contribution in [2.75, 3.05) is 13.1 Å². The van der Waals surface area contributed by atoms with E-state index >= 15 is 0 Å². The Morgan fingerprint density at radius 3 is 2.22 bits per heavy atom. The number of esters is 1. The molecular formula is C14H20FNO2. The molecule has 0 atom stereocenters. The Bertz CT molecular complexity index is 336. The van der Waals surface area contributed by atoms with Gasteiger partial charge in [0, 0.05) is 6.92 Å². The van der Waals surface area contributed by atoms with Gasteiger partial charge in [-0.2, -0.15) is 0 Å². The number of halogens is 1. The maximum atomic E-state index is 12.4. The monoisotopic (exact) mass is 253 g/mol. The molecule has 0 unspecified atom stereocenters. The van der Waals surface area contributed by atoms with Crippen LogP contribution in [-0.2, 0) is 16.1 Å². The lowest BCUT2D eigenvalue weighted by molar-refractivity contribution is -0.142. The van der Waals surface area contributed by atoms with Crippen LogP contribution in [0.1, 0.15) is 31.7 Å². The van der Waals surface area contributed by atoms with Crippen molar-refractivity contribution in [3.8, 4) is 0 Å². The molecule has 1 N–H and O–H groups in total. The van der Waals surface area contributed by atoms with E-state index in [1.54, 1.807) is 12.1 Å². The SMILES string of the molecule is C1CCNCC1.CC(=O)OCc1ccc(F)cc1. The number of benzene rings is 1. The normalized spacial score (nSPS) is 14.3. The zero-order valence-corrected chi connectivity index (χ0v) is 10.7. The maximum Gasteiger partial charge on any atom is 0.302 e. The average Bonchev–Trinajstić information content (AvgIpc) is 2.41. The first-order valence-electron chi connectivity index (χ1n) is 6.27. The zero-order valence-electron chi connectivity index (χ0n) is 10.7. The molecule has 1 aromatic carbocycles. The molecule has 0 amide bonds. The van der Waals surface area contributed by atoms with Crippen LogP contribution >= 0.6 is 0 Å². The zero-order chi connectivity index (χ0) is 13.2. The van der Waals surface area contributed by atoms with E-state index in [-0.39, 0.29) is 18.4 Å². The van der Waals surface area contributed by atoms with Gasteiger partial charge in [0.15, 0.2) is 0 Å². The van der Waals surface area contributed by atoms with Crippen molar-refractivity contribution in [1.29, 1.82) is 0 Å². The topological polar surface area (TPSA) is 38.3 Å². The fourth-order valence-corrected chi connectivity index (χ4v) is 1.57. The molecule has 0 aliphatic carbocycles. The summed E-state index contributed by atoms with van der Waals surface area (Å²) in [6.07, 6.45) is 4.22. The van der Waals surface area contributed by atoms with Gasteiger partial charge in [-0.3, -0.25) is 4.79 Å². The van der Waals surface area contributed by atoms with Gasteiger partial charge >= 0.3 is 5.97 Å². The second-order valence-electron chi connectivity index (χ2n) is 4.22. The van der Waals surface area contributed by atoms with Gasteiger partial charge in [-0.05, 0) is 43.6 Å². The highest BCUT2D eigenvalue weighted by Crippen LogP contribution is 2.03. The highest BCUT2D eigenvalue weighted by atomic mass is 19.1. The molecule has 0 saturated carbocycles. The largest absolute Gasteiger partial charge is 0.461 e. The predicted molar refractivity (Wildman–Crippen MR) is 68.6 cm³/mol. The van der Waals surface area contributed by atoms with Crippen LogP contribution in [0.4, 0.5) is 4.39 Å². The second-order valence-corrected chi connectivity index (χ2v) is 4.22. The summed E-state index contributed by atoms with van der Waals surface area (Å²) < 4.78 is 17.1. The van der Waals surface area contributed by atoms with Crippen LogP contribution in [0.25, 0.3) is 0 Å². The lowest BCUT2D eigenvalue weighted by Gasteiger charge is -2.08. The summed E-state index contributed by atoms with van der Waals surface area (Å²) >= 11 is 0. The first kappa shape index (κ1) is 14.6. The number of piperidine rings is 1. The Kier molecular flexibility index (Phi) is 7.03. The minimum Gasteiger partial charge on any atom is -0.461 e. The van der Waals surface area contributed by atoms with E-state index in [0.717, 1.165) is 5.56 Å². The Morgan fingerprint density at radius 1 is 1.22 bits per heavy atom. The van der Waals surface area contributed by atoms with Gasteiger partial charge in [0.1, 0.15) is 12.4 Å². The van der Waals surface area contributed by atoms with Gasteiger partial charge in [-0.1, -0.05) is 18.6 Å². The minimum absolute atomic E-state index is 0.204. The van der Waals surface area contributed by atoms with Crippen LogP contribution in [-0.4, -0.2) is 19.1 Å². The van der Waals surface area contributed by atoms with Gasteiger partial charge in [0.05, 0.1) is 0 Å². The fourth-order valence-electron chi connectivity index (χ4n) is 1.57. The van der Waals surface area contributed by atoms with E-state index in [1.807, 2.05) is 0 Å². The molecule has 18 heavy (non-hydrogen) atoms. The second kappa shape index (κ2) is 8.64. The Labute approximate surface area is 107 Å². The van der Waals surface area contributed by atoms with Crippen molar-refractivity contribution in [3.05, 3.63) is 35.6 Å². The third-order valence-electron chi connectivity index (χ3n) is 2.56.